The number of aryl methyl sites for hydroxylation is 1. The van der Waals surface area contributed by atoms with Crippen molar-refractivity contribution in [2.75, 3.05) is 59.5 Å². The van der Waals surface area contributed by atoms with Gasteiger partial charge in [-0.25, -0.2) is 4.79 Å². The van der Waals surface area contributed by atoms with Crippen molar-refractivity contribution < 1.29 is 52.3 Å². The lowest BCUT2D eigenvalue weighted by Crippen LogP contribution is -2.58. The summed E-state index contributed by atoms with van der Waals surface area (Å²) in [5, 5.41) is 2.77. The summed E-state index contributed by atoms with van der Waals surface area (Å²) in [6, 6.07) is 7.53. The normalized spacial score (nSPS) is 11.0. The standard InChI is InChI=1S/C28H43NO11/c1-5-37-24(30)11-14-34-19-28(20-35-15-12-25(31)38-6-2,21-36-16-13-26(32)39-7-3)29-27(33)40-18-23-10-8-9-22(4)17-23/h8-10,17H,5-7,11-16,18-21H2,1-4H3,(H,29,33). The lowest BCUT2D eigenvalue weighted by molar-refractivity contribution is -0.145. The zero-order valence-corrected chi connectivity index (χ0v) is 24.0. The molecule has 1 rings (SSSR count). The molecule has 226 valence electrons. The van der Waals surface area contributed by atoms with E-state index in [0.29, 0.717) is 0 Å². The van der Waals surface area contributed by atoms with Crippen LogP contribution in [-0.4, -0.2) is 89.0 Å². The van der Waals surface area contributed by atoms with Crippen LogP contribution in [0, 0.1) is 6.92 Å². The Kier molecular flexibility index (Phi) is 18.0. The van der Waals surface area contributed by atoms with E-state index in [2.05, 4.69) is 5.32 Å². The minimum absolute atomic E-state index is 0.00908. The van der Waals surface area contributed by atoms with Crippen LogP contribution in [0.25, 0.3) is 0 Å². The molecule has 40 heavy (non-hydrogen) atoms. The lowest BCUT2D eigenvalue weighted by Gasteiger charge is -2.33. The molecule has 0 radical (unpaired) electrons. The Bertz CT molecular complexity index is 841. The first-order valence-corrected chi connectivity index (χ1v) is 13.4. The molecule has 0 heterocycles. The fourth-order valence-corrected chi connectivity index (χ4v) is 3.41. The topological polar surface area (TPSA) is 145 Å². The molecule has 0 spiro atoms. The molecule has 1 aromatic rings. The summed E-state index contributed by atoms with van der Waals surface area (Å²) < 4.78 is 37.3. The molecule has 0 bridgehead atoms. The quantitative estimate of drug-likeness (QED) is 0.132. The molecule has 12 heteroatoms. The van der Waals surface area contributed by atoms with Crippen molar-refractivity contribution in [2.24, 2.45) is 0 Å². The fraction of sp³-hybridized carbons (Fsp3) is 0.643. The lowest BCUT2D eigenvalue weighted by atomic mass is 10.0. The van der Waals surface area contributed by atoms with Gasteiger partial charge in [-0.2, -0.15) is 0 Å². The largest absolute Gasteiger partial charge is 0.466 e. The molecule has 1 N–H and O–H groups in total. The third-order valence-electron chi connectivity index (χ3n) is 5.22. The van der Waals surface area contributed by atoms with Crippen molar-refractivity contribution in [3.8, 4) is 0 Å². The second kappa shape index (κ2) is 20.7. The van der Waals surface area contributed by atoms with Crippen LogP contribution >= 0.6 is 0 Å². The van der Waals surface area contributed by atoms with Gasteiger partial charge in [0.1, 0.15) is 12.1 Å². The van der Waals surface area contributed by atoms with Gasteiger partial charge in [0, 0.05) is 0 Å². The molecular weight excluding hydrogens is 526 g/mol. The second-order valence-corrected chi connectivity index (χ2v) is 8.79. The number of nitrogens with one attached hydrogen (secondary N) is 1. The van der Waals surface area contributed by atoms with Crippen LogP contribution in [-0.2, 0) is 54.1 Å². The monoisotopic (exact) mass is 569 g/mol. The highest BCUT2D eigenvalue weighted by molar-refractivity contribution is 5.70. The molecule has 0 saturated heterocycles. The first-order valence-electron chi connectivity index (χ1n) is 13.4. The van der Waals surface area contributed by atoms with Crippen molar-refractivity contribution in [3.63, 3.8) is 0 Å². The zero-order valence-electron chi connectivity index (χ0n) is 24.0. The number of esters is 3. The summed E-state index contributed by atoms with van der Waals surface area (Å²) in [6.45, 7) is 7.53. The van der Waals surface area contributed by atoms with E-state index in [1.165, 1.54) is 0 Å². The number of carbonyl (C=O) groups excluding carboxylic acids is 4. The molecule has 1 amide bonds. The van der Waals surface area contributed by atoms with Crippen molar-refractivity contribution in [1.29, 1.82) is 0 Å². The van der Waals surface area contributed by atoms with Gasteiger partial charge < -0.3 is 38.5 Å². The maximum Gasteiger partial charge on any atom is 0.408 e. The summed E-state index contributed by atoms with van der Waals surface area (Å²) in [6.07, 6.45) is -0.724. The summed E-state index contributed by atoms with van der Waals surface area (Å²) in [7, 11) is 0. The molecular formula is C28H43NO11. The summed E-state index contributed by atoms with van der Waals surface area (Å²) in [4.78, 5) is 48.0. The average Bonchev–Trinajstić information content (AvgIpc) is 2.91. The van der Waals surface area contributed by atoms with Gasteiger partial charge in [0.25, 0.3) is 0 Å². The van der Waals surface area contributed by atoms with Gasteiger partial charge >= 0.3 is 24.0 Å². The Morgan fingerprint density at radius 3 is 1.55 bits per heavy atom. The van der Waals surface area contributed by atoms with E-state index in [1.807, 2.05) is 31.2 Å². The van der Waals surface area contributed by atoms with E-state index in [4.69, 9.17) is 33.2 Å². The van der Waals surface area contributed by atoms with Crippen LogP contribution in [0.1, 0.15) is 51.2 Å². The van der Waals surface area contributed by atoms with Crippen molar-refractivity contribution >= 4 is 24.0 Å². The number of hydrogen-bond acceptors (Lipinski definition) is 11. The Morgan fingerprint density at radius 2 is 1.15 bits per heavy atom. The number of amides is 1. The Hall–Kier alpha value is -3.22. The third kappa shape index (κ3) is 16.0. The second-order valence-electron chi connectivity index (χ2n) is 8.79. The van der Waals surface area contributed by atoms with Gasteiger partial charge in [0.15, 0.2) is 0 Å². The molecule has 0 saturated carbocycles. The smallest absolute Gasteiger partial charge is 0.408 e. The zero-order chi connectivity index (χ0) is 29.6. The van der Waals surface area contributed by atoms with Crippen molar-refractivity contribution in [2.45, 2.75) is 59.1 Å². The molecule has 0 fully saturated rings. The number of ether oxygens (including phenoxy) is 7. The van der Waals surface area contributed by atoms with Gasteiger partial charge in [-0.15, -0.1) is 0 Å². The number of alkyl carbamates (subject to hydrolysis) is 1. The maximum atomic E-state index is 12.9. The number of rotatable bonds is 21. The molecule has 1 aromatic carbocycles. The molecule has 0 atom stereocenters. The molecule has 0 aromatic heterocycles. The van der Waals surface area contributed by atoms with Gasteiger partial charge in [-0.05, 0) is 33.3 Å². The molecule has 0 unspecified atom stereocenters. The van der Waals surface area contributed by atoms with Crippen molar-refractivity contribution in [1.82, 2.24) is 5.32 Å². The van der Waals surface area contributed by atoms with Crippen LogP contribution < -0.4 is 5.32 Å². The van der Waals surface area contributed by atoms with E-state index in [0.717, 1.165) is 11.1 Å². The van der Waals surface area contributed by atoms with Crippen LogP contribution in [0.5, 0.6) is 0 Å². The van der Waals surface area contributed by atoms with Gasteiger partial charge in [0.2, 0.25) is 0 Å². The molecule has 0 aliphatic carbocycles. The van der Waals surface area contributed by atoms with E-state index >= 15 is 0 Å². The third-order valence-corrected chi connectivity index (χ3v) is 5.22. The van der Waals surface area contributed by atoms with Crippen LogP contribution in [0.3, 0.4) is 0 Å². The van der Waals surface area contributed by atoms with E-state index in [9.17, 15) is 19.2 Å². The van der Waals surface area contributed by atoms with Gasteiger partial charge in [-0.3, -0.25) is 14.4 Å². The number of hydrogen-bond donors (Lipinski definition) is 1. The first kappa shape index (κ1) is 34.8. The number of carbonyl (C=O) groups is 4. The van der Waals surface area contributed by atoms with Gasteiger partial charge in [0.05, 0.1) is 78.7 Å². The SMILES string of the molecule is CCOC(=O)CCOCC(COCCC(=O)OCC)(COCCC(=O)OCC)NC(=O)OCc1cccc(C)c1. The highest BCUT2D eigenvalue weighted by atomic mass is 16.6. The molecule has 0 aliphatic rings. The minimum atomic E-state index is -1.28. The minimum Gasteiger partial charge on any atom is -0.466 e. The molecule has 0 aliphatic heterocycles. The summed E-state index contributed by atoms with van der Waals surface area (Å²) >= 11 is 0. The van der Waals surface area contributed by atoms with E-state index < -0.39 is 29.5 Å². The van der Waals surface area contributed by atoms with Gasteiger partial charge in [-0.1, -0.05) is 29.8 Å². The summed E-state index contributed by atoms with van der Waals surface area (Å²) in [5.41, 5.74) is 0.556. The number of benzene rings is 1. The highest BCUT2D eigenvalue weighted by Crippen LogP contribution is 2.12. The van der Waals surface area contributed by atoms with Crippen molar-refractivity contribution in [3.05, 3.63) is 35.4 Å². The predicted octanol–water partition coefficient (Wildman–Crippen LogP) is 2.87. The molecule has 12 nitrogen and oxygen atoms in total. The first-order chi connectivity index (χ1) is 19.2. The van der Waals surface area contributed by atoms with E-state index in [-0.39, 0.29) is 85.3 Å². The Balaban J connectivity index is 2.93. The summed E-state index contributed by atoms with van der Waals surface area (Å²) in [5.74, 6) is -1.26. The Labute approximate surface area is 235 Å². The van der Waals surface area contributed by atoms with Crippen LogP contribution in [0.15, 0.2) is 24.3 Å². The van der Waals surface area contributed by atoms with Crippen LogP contribution in [0.4, 0.5) is 4.79 Å². The Morgan fingerprint density at radius 1 is 0.700 bits per heavy atom. The fourth-order valence-electron chi connectivity index (χ4n) is 3.41. The highest BCUT2D eigenvalue weighted by Gasteiger charge is 2.35. The van der Waals surface area contributed by atoms with Crippen LogP contribution in [0.2, 0.25) is 0 Å². The average molecular weight is 570 g/mol. The van der Waals surface area contributed by atoms with E-state index in [1.54, 1.807) is 20.8 Å². The maximum absolute atomic E-state index is 12.9. The predicted molar refractivity (Wildman–Crippen MR) is 143 cm³/mol.